The minimum absolute atomic E-state index is 0.646. The minimum Gasteiger partial charge on any atom is -0.381 e. The molecule has 2 nitrogen and oxygen atoms in total. The molecule has 0 bridgehead atoms. The summed E-state index contributed by atoms with van der Waals surface area (Å²) in [5.41, 5.74) is 8.45. The third kappa shape index (κ3) is 1.97. The number of nitrogens with two attached hydrogens (primary N) is 1. The molecule has 14 heavy (non-hydrogen) atoms. The van der Waals surface area contributed by atoms with Gasteiger partial charge in [-0.15, -0.1) is 0 Å². The third-order valence-corrected chi connectivity index (χ3v) is 2.94. The van der Waals surface area contributed by atoms with E-state index < -0.39 is 0 Å². The summed E-state index contributed by atoms with van der Waals surface area (Å²) in [7, 11) is 0. The zero-order valence-corrected chi connectivity index (χ0v) is 8.41. The van der Waals surface area contributed by atoms with Gasteiger partial charge in [-0.3, -0.25) is 0 Å². The largest absolute Gasteiger partial charge is 0.381 e. The van der Waals surface area contributed by atoms with Gasteiger partial charge in [-0.05, 0) is 29.9 Å². The molecule has 1 fully saturated rings. The van der Waals surface area contributed by atoms with E-state index in [1.165, 1.54) is 11.1 Å². The maximum atomic E-state index is 5.73. The van der Waals surface area contributed by atoms with Crippen LogP contribution < -0.4 is 5.73 Å². The van der Waals surface area contributed by atoms with Crippen LogP contribution in [0, 0.1) is 0 Å². The first-order valence-corrected chi connectivity index (χ1v) is 5.27. The van der Waals surface area contributed by atoms with E-state index in [4.69, 9.17) is 10.5 Å². The average Bonchev–Trinajstić information content (AvgIpc) is 2.30. The van der Waals surface area contributed by atoms with Crippen LogP contribution in [0.25, 0.3) is 0 Å². The molecule has 1 aliphatic rings. The van der Waals surface area contributed by atoms with Crippen molar-refractivity contribution in [2.45, 2.75) is 25.3 Å². The van der Waals surface area contributed by atoms with Crippen molar-refractivity contribution in [3.8, 4) is 0 Å². The van der Waals surface area contributed by atoms with Crippen molar-refractivity contribution in [1.29, 1.82) is 0 Å². The highest BCUT2D eigenvalue weighted by atomic mass is 16.5. The maximum absolute atomic E-state index is 5.73. The Morgan fingerprint density at radius 2 is 1.93 bits per heavy atom. The predicted molar refractivity (Wildman–Crippen MR) is 57.1 cm³/mol. The Morgan fingerprint density at radius 3 is 2.64 bits per heavy atom. The normalized spacial score (nSPS) is 18.4. The summed E-state index contributed by atoms with van der Waals surface area (Å²) in [5, 5.41) is 0. The Bertz CT molecular complexity index is 292. The number of ether oxygens (including phenoxy) is 1. The van der Waals surface area contributed by atoms with E-state index in [9.17, 15) is 0 Å². The summed E-state index contributed by atoms with van der Waals surface area (Å²) < 4.78 is 5.36. The van der Waals surface area contributed by atoms with Gasteiger partial charge in [0.15, 0.2) is 0 Å². The van der Waals surface area contributed by atoms with E-state index in [1.807, 2.05) is 0 Å². The zero-order chi connectivity index (χ0) is 9.80. The Kier molecular flexibility index (Phi) is 3.17. The number of hydrogen-bond acceptors (Lipinski definition) is 2. The molecule has 1 aromatic rings. The summed E-state index contributed by atoms with van der Waals surface area (Å²) >= 11 is 0. The van der Waals surface area contributed by atoms with Crippen LogP contribution in [0.5, 0.6) is 0 Å². The van der Waals surface area contributed by atoms with E-state index in [-0.39, 0.29) is 0 Å². The summed E-state index contributed by atoms with van der Waals surface area (Å²) in [6.07, 6.45) is 2.27. The second-order valence-electron chi connectivity index (χ2n) is 3.79. The first-order chi connectivity index (χ1) is 6.92. The number of benzene rings is 1. The van der Waals surface area contributed by atoms with Crippen molar-refractivity contribution >= 4 is 0 Å². The Morgan fingerprint density at radius 1 is 1.21 bits per heavy atom. The molecule has 2 heteroatoms. The van der Waals surface area contributed by atoms with E-state index in [2.05, 4.69) is 24.3 Å². The lowest BCUT2D eigenvalue weighted by atomic mass is 9.88. The Hall–Kier alpha value is -0.860. The first kappa shape index (κ1) is 9.69. The molecule has 0 unspecified atom stereocenters. The van der Waals surface area contributed by atoms with Crippen molar-refractivity contribution in [2.75, 3.05) is 13.2 Å². The van der Waals surface area contributed by atoms with Gasteiger partial charge >= 0.3 is 0 Å². The van der Waals surface area contributed by atoms with Crippen molar-refractivity contribution in [1.82, 2.24) is 0 Å². The molecule has 0 radical (unpaired) electrons. The third-order valence-electron chi connectivity index (χ3n) is 2.94. The molecular formula is C12H17NO. The molecule has 0 spiro atoms. The first-order valence-electron chi connectivity index (χ1n) is 5.27. The standard InChI is InChI=1S/C12H17NO/c13-9-11-3-1-2-4-12(11)10-5-7-14-8-6-10/h1-4,10H,5-9,13H2. The van der Waals surface area contributed by atoms with E-state index in [0.29, 0.717) is 12.5 Å². The van der Waals surface area contributed by atoms with Crippen LogP contribution in [-0.4, -0.2) is 13.2 Å². The minimum atomic E-state index is 0.646. The van der Waals surface area contributed by atoms with E-state index >= 15 is 0 Å². The van der Waals surface area contributed by atoms with Crippen LogP contribution in [0.3, 0.4) is 0 Å². The molecule has 1 heterocycles. The molecule has 1 aliphatic heterocycles. The highest BCUT2D eigenvalue weighted by Crippen LogP contribution is 2.28. The molecule has 1 aromatic carbocycles. The van der Waals surface area contributed by atoms with Gasteiger partial charge in [0.2, 0.25) is 0 Å². The maximum Gasteiger partial charge on any atom is 0.0471 e. The molecule has 0 aromatic heterocycles. The van der Waals surface area contributed by atoms with Crippen LogP contribution in [0.15, 0.2) is 24.3 Å². The Labute approximate surface area is 85.1 Å². The fourth-order valence-corrected chi connectivity index (χ4v) is 2.13. The van der Waals surface area contributed by atoms with Gasteiger partial charge in [-0.2, -0.15) is 0 Å². The highest BCUT2D eigenvalue weighted by molar-refractivity contribution is 5.30. The zero-order valence-electron chi connectivity index (χ0n) is 8.41. The SMILES string of the molecule is NCc1ccccc1C1CCOCC1. The Balaban J connectivity index is 2.20. The second-order valence-corrected chi connectivity index (χ2v) is 3.79. The monoisotopic (exact) mass is 191 g/mol. The van der Waals surface area contributed by atoms with Crippen LogP contribution in [-0.2, 0) is 11.3 Å². The fourth-order valence-electron chi connectivity index (χ4n) is 2.13. The van der Waals surface area contributed by atoms with Gasteiger partial charge in [-0.1, -0.05) is 24.3 Å². The fraction of sp³-hybridized carbons (Fsp3) is 0.500. The van der Waals surface area contributed by atoms with Gasteiger partial charge in [0.1, 0.15) is 0 Å². The lowest BCUT2D eigenvalue weighted by Gasteiger charge is -2.24. The predicted octanol–water partition coefficient (Wildman–Crippen LogP) is 2.04. The highest BCUT2D eigenvalue weighted by Gasteiger charge is 2.17. The average molecular weight is 191 g/mol. The van der Waals surface area contributed by atoms with Gasteiger partial charge in [0.05, 0.1) is 0 Å². The van der Waals surface area contributed by atoms with E-state index in [1.54, 1.807) is 0 Å². The second kappa shape index (κ2) is 4.58. The lowest BCUT2D eigenvalue weighted by Crippen LogP contribution is -2.16. The molecule has 1 saturated heterocycles. The summed E-state index contributed by atoms with van der Waals surface area (Å²) in [6.45, 7) is 2.43. The van der Waals surface area contributed by atoms with Crippen LogP contribution in [0.2, 0.25) is 0 Å². The van der Waals surface area contributed by atoms with Gasteiger partial charge < -0.3 is 10.5 Å². The molecule has 0 atom stereocenters. The summed E-state index contributed by atoms with van der Waals surface area (Å²) in [6, 6.07) is 8.50. The van der Waals surface area contributed by atoms with Gasteiger partial charge in [-0.25, -0.2) is 0 Å². The number of rotatable bonds is 2. The van der Waals surface area contributed by atoms with Crippen LogP contribution in [0.4, 0.5) is 0 Å². The smallest absolute Gasteiger partial charge is 0.0471 e. The molecule has 0 amide bonds. The summed E-state index contributed by atoms with van der Waals surface area (Å²) in [5.74, 6) is 0.656. The van der Waals surface area contributed by atoms with Crippen LogP contribution in [0.1, 0.15) is 29.9 Å². The van der Waals surface area contributed by atoms with Gasteiger partial charge in [0, 0.05) is 19.8 Å². The summed E-state index contributed by atoms with van der Waals surface area (Å²) in [4.78, 5) is 0. The number of hydrogen-bond donors (Lipinski definition) is 1. The molecule has 2 N–H and O–H groups in total. The van der Waals surface area contributed by atoms with Crippen LogP contribution >= 0.6 is 0 Å². The molecule has 0 saturated carbocycles. The van der Waals surface area contributed by atoms with Crippen molar-refractivity contribution in [2.24, 2.45) is 5.73 Å². The quantitative estimate of drug-likeness (QED) is 0.776. The molecule has 0 aliphatic carbocycles. The van der Waals surface area contributed by atoms with Gasteiger partial charge in [0.25, 0.3) is 0 Å². The van der Waals surface area contributed by atoms with E-state index in [0.717, 1.165) is 26.1 Å². The lowest BCUT2D eigenvalue weighted by molar-refractivity contribution is 0.0851. The van der Waals surface area contributed by atoms with Crippen molar-refractivity contribution < 1.29 is 4.74 Å². The van der Waals surface area contributed by atoms with Crippen molar-refractivity contribution in [3.05, 3.63) is 35.4 Å². The molecular weight excluding hydrogens is 174 g/mol. The van der Waals surface area contributed by atoms with Crippen molar-refractivity contribution in [3.63, 3.8) is 0 Å². The molecule has 2 rings (SSSR count). The topological polar surface area (TPSA) is 35.2 Å². The molecule has 76 valence electrons.